The minimum Gasteiger partial charge on any atom is -0.493 e. The highest BCUT2D eigenvalue weighted by molar-refractivity contribution is 7.90. The fraction of sp³-hybridized carbons (Fsp3) is 0.318. The molecule has 0 saturated carbocycles. The number of hydrogen-bond donors (Lipinski definition) is 1. The van der Waals surface area contributed by atoms with Crippen LogP contribution < -0.4 is 14.8 Å². The van der Waals surface area contributed by atoms with Gasteiger partial charge in [0.1, 0.15) is 15.7 Å². The van der Waals surface area contributed by atoms with E-state index in [1.807, 2.05) is 0 Å². The van der Waals surface area contributed by atoms with E-state index in [2.05, 4.69) is 5.32 Å². The van der Waals surface area contributed by atoms with Crippen LogP contribution in [0.5, 0.6) is 11.5 Å². The van der Waals surface area contributed by atoms with Crippen molar-refractivity contribution >= 4 is 33.2 Å². The lowest BCUT2D eigenvalue weighted by atomic mass is 10.1. The van der Waals surface area contributed by atoms with Crippen LogP contribution in [0.15, 0.2) is 30.3 Å². The van der Waals surface area contributed by atoms with Crippen molar-refractivity contribution in [2.75, 3.05) is 31.0 Å². The molecule has 11 heteroatoms. The van der Waals surface area contributed by atoms with Crippen molar-refractivity contribution in [2.45, 2.75) is 19.9 Å². The topological polar surface area (TPSA) is 119 Å². The Morgan fingerprint density at radius 3 is 2.42 bits per heavy atom. The summed E-state index contributed by atoms with van der Waals surface area (Å²) in [6.07, 6.45) is 0.980. The first-order chi connectivity index (χ1) is 15.5. The molecule has 3 amide bonds. The number of sulfone groups is 1. The monoisotopic (exact) mass is 478 g/mol. The van der Waals surface area contributed by atoms with Gasteiger partial charge < -0.3 is 14.8 Å². The maximum Gasteiger partial charge on any atom is 0.264 e. The zero-order chi connectivity index (χ0) is 24.5. The zero-order valence-electron chi connectivity index (χ0n) is 18.5. The van der Waals surface area contributed by atoms with E-state index in [0.717, 1.165) is 30.2 Å². The molecule has 1 N–H and O–H groups in total. The number of benzene rings is 2. The van der Waals surface area contributed by atoms with Gasteiger partial charge >= 0.3 is 0 Å². The van der Waals surface area contributed by atoms with Crippen LogP contribution in [-0.2, 0) is 14.6 Å². The van der Waals surface area contributed by atoms with Gasteiger partial charge in [-0.2, -0.15) is 0 Å². The third-order valence-electron chi connectivity index (χ3n) is 4.98. The summed E-state index contributed by atoms with van der Waals surface area (Å²) in [5.74, 6) is -3.13. The lowest BCUT2D eigenvalue weighted by Gasteiger charge is -2.27. The van der Waals surface area contributed by atoms with Crippen molar-refractivity contribution in [1.29, 1.82) is 0 Å². The Hall–Kier alpha value is -3.47. The number of nitrogens with one attached hydrogen (secondary N) is 1. The van der Waals surface area contributed by atoms with Gasteiger partial charge in [0.05, 0.1) is 42.3 Å². The van der Waals surface area contributed by atoms with Gasteiger partial charge in [-0.3, -0.25) is 19.3 Å². The quantitative estimate of drug-likeness (QED) is 0.579. The third kappa shape index (κ3) is 4.82. The van der Waals surface area contributed by atoms with Gasteiger partial charge in [0.15, 0.2) is 11.5 Å². The average Bonchev–Trinajstić information content (AvgIpc) is 2.98. The molecule has 0 radical (unpaired) electrons. The van der Waals surface area contributed by atoms with E-state index in [9.17, 15) is 27.2 Å². The van der Waals surface area contributed by atoms with E-state index in [1.54, 1.807) is 6.92 Å². The molecule has 33 heavy (non-hydrogen) atoms. The van der Waals surface area contributed by atoms with Crippen LogP contribution in [-0.4, -0.2) is 56.8 Å². The van der Waals surface area contributed by atoms with Gasteiger partial charge in [-0.1, -0.05) is 6.07 Å². The molecule has 0 aromatic heterocycles. The lowest BCUT2D eigenvalue weighted by molar-refractivity contribution is -0.114. The minimum absolute atomic E-state index is 0.137. The fourth-order valence-corrected chi connectivity index (χ4v) is 4.59. The summed E-state index contributed by atoms with van der Waals surface area (Å²) in [6.45, 7) is 3.18. The van der Waals surface area contributed by atoms with Gasteiger partial charge in [0.2, 0.25) is 5.91 Å². The Morgan fingerprint density at radius 1 is 1.15 bits per heavy atom. The van der Waals surface area contributed by atoms with E-state index >= 15 is 0 Å². The SMILES string of the molecule is CCOc1cc([C@@H](CS(C)(=O)=O)N2C(=O)c3ccc(F)c(NC(C)=O)c3C2=O)ccc1OC. The Morgan fingerprint density at radius 2 is 1.85 bits per heavy atom. The maximum absolute atomic E-state index is 14.4. The molecule has 0 spiro atoms. The van der Waals surface area contributed by atoms with Crippen molar-refractivity contribution in [3.05, 3.63) is 52.8 Å². The predicted molar refractivity (Wildman–Crippen MR) is 118 cm³/mol. The molecule has 1 aliphatic heterocycles. The highest BCUT2D eigenvalue weighted by atomic mass is 32.2. The maximum atomic E-state index is 14.4. The number of amides is 3. The van der Waals surface area contributed by atoms with E-state index in [1.165, 1.54) is 25.3 Å². The zero-order valence-corrected chi connectivity index (χ0v) is 19.3. The number of methoxy groups -OCH3 is 1. The van der Waals surface area contributed by atoms with Gasteiger partial charge in [-0.25, -0.2) is 12.8 Å². The second-order valence-electron chi connectivity index (χ2n) is 7.46. The summed E-state index contributed by atoms with van der Waals surface area (Å²) >= 11 is 0. The molecule has 2 aromatic carbocycles. The lowest BCUT2D eigenvalue weighted by Crippen LogP contribution is -2.37. The molecule has 3 rings (SSSR count). The first-order valence-electron chi connectivity index (χ1n) is 9.94. The number of carbonyl (C=O) groups excluding carboxylic acids is 3. The number of halogens is 1. The molecule has 0 fully saturated rings. The molecule has 1 heterocycles. The van der Waals surface area contributed by atoms with Crippen molar-refractivity contribution in [1.82, 2.24) is 4.90 Å². The largest absolute Gasteiger partial charge is 0.493 e. The number of hydrogen-bond acceptors (Lipinski definition) is 7. The first-order valence-corrected chi connectivity index (χ1v) is 12.0. The molecule has 0 saturated heterocycles. The summed E-state index contributed by atoms with van der Waals surface area (Å²) < 4.78 is 49.7. The van der Waals surface area contributed by atoms with Crippen molar-refractivity contribution in [3.8, 4) is 11.5 Å². The number of fused-ring (bicyclic) bond motifs is 1. The molecule has 1 atom stereocenters. The van der Waals surface area contributed by atoms with Gasteiger partial charge in [-0.05, 0) is 36.8 Å². The van der Waals surface area contributed by atoms with Gasteiger partial charge in [0.25, 0.3) is 11.8 Å². The minimum atomic E-state index is -3.68. The molecule has 0 bridgehead atoms. The molecule has 176 valence electrons. The number of rotatable bonds is 8. The second-order valence-corrected chi connectivity index (χ2v) is 9.64. The van der Waals surface area contributed by atoms with Crippen LogP contribution in [0.3, 0.4) is 0 Å². The Balaban J connectivity index is 2.16. The van der Waals surface area contributed by atoms with E-state index < -0.39 is 50.9 Å². The summed E-state index contributed by atoms with van der Waals surface area (Å²) in [5, 5.41) is 2.24. The molecule has 9 nitrogen and oxygen atoms in total. The smallest absolute Gasteiger partial charge is 0.264 e. The molecule has 1 aliphatic rings. The molecular formula is C22H23FN2O7S. The number of nitrogens with zero attached hydrogens (tertiary/aromatic N) is 1. The van der Waals surface area contributed by atoms with Gasteiger partial charge in [-0.15, -0.1) is 0 Å². The summed E-state index contributed by atoms with van der Waals surface area (Å²) in [6, 6.07) is 5.42. The summed E-state index contributed by atoms with van der Waals surface area (Å²) in [4.78, 5) is 38.9. The second kappa shape index (κ2) is 9.18. The van der Waals surface area contributed by atoms with Crippen LogP contribution in [0.25, 0.3) is 0 Å². The molecule has 2 aromatic rings. The number of anilines is 1. The number of carbonyl (C=O) groups is 3. The van der Waals surface area contributed by atoms with Crippen molar-refractivity contribution < 1.29 is 36.7 Å². The first kappa shape index (κ1) is 24.2. The number of ether oxygens (including phenoxy) is 2. The van der Waals surface area contributed by atoms with E-state index in [0.29, 0.717) is 23.7 Å². The number of imide groups is 1. The predicted octanol–water partition coefficient (Wildman–Crippen LogP) is 2.57. The highest BCUT2D eigenvalue weighted by Crippen LogP contribution is 2.39. The molecular weight excluding hydrogens is 455 g/mol. The van der Waals surface area contributed by atoms with Gasteiger partial charge in [0, 0.05) is 13.2 Å². The molecule has 0 unspecified atom stereocenters. The Kier molecular flexibility index (Phi) is 6.73. The van der Waals surface area contributed by atoms with Crippen LogP contribution in [0.2, 0.25) is 0 Å². The fourth-order valence-electron chi connectivity index (χ4n) is 3.68. The third-order valence-corrected chi connectivity index (χ3v) is 5.90. The van der Waals surface area contributed by atoms with E-state index in [-0.39, 0.29) is 11.1 Å². The summed E-state index contributed by atoms with van der Waals surface area (Å²) in [5.41, 5.74) is -0.584. The normalized spacial score (nSPS) is 14.2. The van der Waals surface area contributed by atoms with Crippen LogP contribution in [0, 0.1) is 5.82 Å². The summed E-state index contributed by atoms with van der Waals surface area (Å²) in [7, 11) is -2.24. The van der Waals surface area contributed by atoms with Crippen LogP contribution >= 0.6 is 0 Å². The van der Waals surface area contributed by atoms with Crippen LogP contribution in [0.4, 0.5) is 10.1 Å². The van der Waals surface area contributed by atoms with Crippen LogP contribution in [0.1, 0.15) is 46.2 Å². The highest BCUT2D eigenvalue weighted by Gasteiger charge is 2.44. The average molecular weight is 478 g/mol. The van der Waals surface area contributed by atoms with Crippen molar-refractivity contribution in [3.63, 3.8) is 0 Å². The molecule has 0 aliphatic carbocycles. The Bertz CT molecular complexity index is 1240. The van der Waals surface area contributed by atoms with Crippen molar-refractivity contribution in [2.24, 2.45) is 0 Å². The standard InChI is InChI=1S/C22H23FN2O7S/c1-5-32-18-10-13(6-9-17(18)31-3)16(11-33(4,29)30)25-21(27)14-7-8-15(23)20(24-12(2)26)19(14)22(25)28/h6-10,16H,5,11H2,1-4H3,(H,24,26)/t16-/m1/s1. The van der Waals surface area contributed by atoms with E-state index in [4.69, 9.17) is 9.47 Å². The Labute approximate surface area is 190 Å².